The summed E-state index contributed by atoms with van der Waals surface area (Å²) >= 11 is 5.63. The van der Waals surface area contributed by atoms with E-state index >= 15 is 0 Å². The molecule has 1 aliphatic rings. The van der Waals surface area contributed by atoms with Crippen molar-refractivity contribution >= 4 is 43.2 Å². The zero-order chi connectivity index (χ0) is 19.7. The van der Waals surface area contributed by atoms with E-state index in [2.05, 4.69) is 14.4 Å². The van der Waals surface area contributed by atoms with Crippen molar-refractivity contribution in [2.24, 2.45) is 4.99 Å². The molecule has 11 heteroatoms. The number of hydrogen-bond acceptors (Lipinski definition) is 5. The number of hydrogen-bond donors (Lipinski definition) is 2. The molecular weight excluding hydrogens is 417 g/mol. The molecule has 1 aliphatic heterocycles. The first-order valence-corrected chi connectivity index (χ1v) is 11.2. The number of benzene rings is 2. The molecule has 3 rings (SSSR count). The number of sulfonamides is 2. The van der Waals surface area contributed by atoms with Gasteiger partial charge < -0.3 is 0 Å². The first kappa shape index (κ1) is 19.6. The van der Waals surface area contributed by atoms with Crippen molar-refractivity contribution in [3.8, 4) is 0 Å². The monoisotopic (exact) mass is 431 g/mol. The van der Waals surface area contributed by atoms with Gasteiger partial charge in [-0.05, 0) is 42.8 Å². The van der Waals surface area contributed by atoms with E-state index in [1.807, 2.05) is 0 Å². The Labute approximate surface area is 161 Å². The second kappa shape index (κ2) is 7.45. The van der Waals surface area contributed by atoms with Crippen LogP contribution in [0.25, 0.3) is 0 Å². The van der Waals surface area contributed by atoms with Gasteiger partial charge in [0.05, 0.1) is 10.6 Å². The minimum Gasteiger partial charge on any atom is -0.279 e. The van der Waals surface area contributed by atoms with Crippen molar-refractivity contribution in [3.63, 3.8) is 0 Å². The molecule has 0 aromatic heterocycles. The van der Waals surface area contributed by atoms with Gasteiger partial charge in [-0.2, -0.15) is 0 Å². The Hall–Kier alpha value is -2.17. The third kappa shape index (κ3) is 4.57. The van der Waals surface area contributed by atoms with Crippen LogP contribution in [0.2, 0.25) is 5.02 Å². The van der Waals surface area contributed by atoms with Gasteiger partial charge in [0.25, 0.3) is 20.0 Å². The lowest BCUT2D eigenvalue weighted by atomic mass is 10.3. The first-order valence-electron chi connectivity index (χ1n) is 7.81. The lowest BCUT2D eigenvalue weighted by molar-refractivity contribution is 0.570. The van der Waals surface area contributed by atoms with Crippen LogP contribution in [0.5, 0.6) is 0 Å². The van der Waals surface area contributed by atoms with Gasteiger partial charge in [0.2, 0.25) is 0 Å². The molecule has 1 heterocycles. The lowest BCUT2D eigenvalue weighted by Crippen LogP contribution is -2.29. The van der Waals surface area contributed by atoms with Crippen LogP contribution in [0.1, 0.15) is 12.8 Å². The fourth-order valence-electron chi connectivity index (χ4n) is 2.47. The maximum atomic E-state index is 13.9. The Morgan fingerprint density at radius 2 is 1.78 bits per heavy atom. The minimum atomic E-state index is -4.27. The van der Waals surface area contributed by atoms with Crippen LogP contribution in [-0.2, 0) is 20.0 Å². The molecule has 0 radical (unpaired) electrons. The van der Waals surface area contributed by atoms with Gasteiger partial charge in [0, 0.05) is 18.0 Å². The summed E-state index contributed by atoms with van der Waals surface area (Å²) in [6, 6.07) is 8.34. The van der Waals surface area contributed by atoms with Crippen LogP contribution in [0, 0.1) is 5.82 Å². The van der Waals surface area contributed by atoms with Gasteiger partial charge in [-0.3, -0.25) is 14.4 Å². The van der Waals surface area contributed by atoms with Crippen molar-refractivity contribution in [3.05, 3.63) is 53.3 Å². The van der Waals surface area contributed by atoms with E-state index in [1.54, 1.807) is 0 Å². The summed E-state index contributed by atoms with van der Waals surface area (Å²) in [5, 5.41) is 0.0560. The second-order valence-electron chi connectivity index (χ2n) is 5.75. The molecule has 2 aromatic carbocycles. The molecule has 0 saturated heterocycles. The fraction of sp³-hybridized carbons (Fsp3) is 0.188. The van der Waals surface area contributed by atoms with Crippen LogP contribution >= 0.6 is 11.6 Å². The molecule has 0 unspecified atom stereocenters. The summed E-state index contributed by atoms with van der Waals surface area (Å²) in [6.45, 7) is 0.560. The van der Waals surface area contributed by atoms with E-state index < -0.39 is 30.8 Å². The van der Waals surface area contributed by atoms with E-state index in [0.717, 1.165) is 24.6 Å². The van der Waals surface area contributed by atoms with Crippen LogP contribution in [0.3, 0.4) is 0 Å². The molecule has 0 aliphatic carbocycles. The summed E-state index contributed by atoms with van der Waals surface area (Å²) in [6.07, 6.45) is 1.30. The number of amidine groups is 1. The van der Waals surface area contributed by atoms with Crippen molar-refractivity contribution < 1.29 is 21.2 Å². The zero-order valence-corrected chi connectivity index (χ0v) is 16.2. The third-order valence-electron chi connectivity index (χ3n) is 3.71. The molecule has 2 N–H and O–H groups in total. The predicted octanol–water partition coefficient (Wildman–Crippen LogP) is 2.75. The third-order valence-corrected chi connectivity index (χ3v) is 6.74. The summed E-state index contributed by atoms with van der Waals surface area (Å²) < 4.78 is 68.1. The number of rotatable bonds is 5. The van der Waals surface area contributed by atoms with E-state index in [9.17, 15) is 21.2 Å². The largest absolute Gasteiger partial charge is 0.279 e. The van der Waals surface area contributed by atoms with Crippen molar-refractivity contribution in [2.75, 3.05) is 11.3 Å². The van der Waals surface area contributed by atoms with Gasteiger partial charge >= 0.3 is 0 Å². The number of halogens is 2. The van der Waals surface area contributed by atoms with Crippen molar-refractivity contribution in [1.82, 2.24) is 4.72 Å². The Morgan fingerprint density at radius 3 is 2.44 bits per heavy atom. The van der Waals surface area contributed by atoms with Crippen molar-refractivity contribution in [1.29, 1.82) is 0 Å². The minimum absolute atomic E-state index is 0.0272. The van der Waals surface area contributed by atoms with E-state index in [1.165, 1.54) is 24.3 Å². The van der Waals surface area contributed by atoms with Crippen LogP contribution in [0.4, 0.5) is 10.1 Å². The van der Waals surface area contributed by atoms with Crippen molar-refractivity contribution in [2.45, 2.75) is 22.6 Å². The number of nitrogens with one attached hydrogen (secondary N) is 2. The molecule has 27 heavy (non-hydrogen) atoms. The highest BCUT2D eigenvalue weighted by Crippen LogP contribution is 2.23. The topological polar surface area (TPSA) is 105 Å². The van der Waals surface area contributed by atoms with E-state index in [4.69, 9.17) is 11.6 Å². The number of anilines is 1. The first-order chi connectivity index (χ1) is 12.7. The molecule has 2 aromatic rings. The summed E-state index contributed by atoms with van der Waals surface area (Å²) in [5.74, 6) is -0.649. The standard InChI is InChI=1S/C16H15ClFN3O4S2/c17-11-6-7-15(14(18)9-11)27(24,25)20-12-3-1-4-13(10-12)26(22,23)21-16-5-2-8-19-16/h1,3-4,6-7,9-10,20H,2,5,8H2,(H,19,21). The van der Waals surface area contributed by atoms with Gasteiger partial charge in [0.15, 0.2) is 0 Å². The molecule has 0 amide bonds. The quantitative estimate of drug-likeness (QED) is 0.759. The maximum Gasteiger partial charge on any atom is 0.264 e. The van der Waals surface area contributed by atoms with Gasteiger partial charge in [-0.15, -0.1) is 0 Å². The van der Waals surface area contributed by atoms with Crippen LogP contribution in [-0.4, -0.2) is 29.2 Å². The Bertz CT molecular complexity index is 1120. The predicted molar refractivity (Wildman–Crippen MR) is 101 cm³/mol. The molecule has 0 spiro atoms. The molecule has 0 fully saturated rings. The molecule has 0 bridgehead atoms. The highest BCUT2D eigenvalue weighted by atomic mass is 35.5. The highest BCUT2D eigenvalue weighted by molar-refractivity contribution is 7.92. The smallest absolute Gasteiger partial charge is 0.264 e. The second-order valence-corrected chi connectivity index (χ2v) is 9.52. The SMILES string of the molecule is O=S(=O)(NC1=NCCC1)c1cccc(NS(=O)(=O)c2ccc(Cl)cc2F)c1. The van der Waals surface area contributed by atoms with Crippen LogP contribution in [0.15, 0.2) is 57.2 Å². The summed E-state index contributed by atoms with van der Waals surface area (Å²) in [4.78, 5) is 3.30. The molecule has 0 atom stereocenters. The fourth-order valence-corrected chi connectivity index (χ4v) is 4.87. The molecule has 0 saturated carbocycles. The maximum absolute atomic E-state index is 13.9. The zero-order valence-electron chi connectivity index (χ0n) is 13.8. The molecular formula is C16H15ClFN3O4S2. The highest BCUT2D eigenvalue weighted by Gasteiger charge is 2.22. The summed E-state index contributed by atoms with van der Waals surface area (Å²) in [7, 11) is -8.18. The van der Waals surface area contributed by atoms with Gasteiger partial charge in [-0.25, -0.2) is 21.2 Å². The average Bonchev–Trinajstić information content (AvgIpc) is 3.06. The van der Waals surface area contributed by atoms with E-state index in [-0.39, 0.29) is 15.6 Å². The Kier molecular flexibility index (Phi) is 5.41. The average molecular weight is 432 g/mol. The number of aliphatic imine (C=N–C) groups is 1. The van der Waals surface area contributed by atoms with Gasteiger partial charge in [0.1, 0.15) is 16.5 Å². The number of nitrogens with zero attached hydrogens (tertiary/aromatic N) is 1. The Balaban J connectivity index is 1.87. The van der Waals surface area contributed by atoms with Crippen LogP contribution < -0.4 is 9.44 Å². The van der Waals surface area contributed by atoms with E-state index in [0.29, 0.717) is 18.8 Å². The normalized spacial score (nSPS) is 14.7. The Morgan fingerprint density at radius 1 is 1.00 bits per heavy atom. The molecule has 7 nitrogen and oxygen atoms in total. The summed E-state index contributed by atoms with van der Waals surface area (Å²) in [5.41, 5.74) is -0.0272. The lowest BCUT2D eigenvalue weighted by Gasteiger charge is -2.11. The molecule has 144 valence electrons. The van der Waals surface area contributed by atoms with Gasteiger partial charge in [-0.1, -0.05) is 17.7 Å².